The molecule has 2 aromatic rings. The van der Waals surface area contributed by atoms with Crippen LogP contribution in [0.3, 0.4) is 0 Å². The average Bonchev–Trinajstić information content (AvgIpc) is 2.62. The van der Waals surface area contributed by atoms with Crippen molar-refractivity contribution >= 4 is 11.8 Å². The minimum absolute atomic E-state index is 0.591. The maximum atomic E-state index is 5.25. The van der Waals surface area contributed by atoms with Crippen molar-refractivity contribution in [2.45, 2.75) is 26.2 Å². The molecule has 128 valence electrons. The zero-order chi connectivity index (χ0) is 16.8. The van der Waals surface area contributed by atoms with Crippen LogP contribution in [0.4, 0.5) is 11.8 Å². The molecule has 0 saturated carbocycles. The number of ether oxygens (including phenoxy) is 1. The summed E-state index contributed by atoms with van der Waals surface area (Å²) in [5.41, 5.74) is 1.22. The molecule has 6 nitrogen and oxygen atoms in total. The van der Waals surface area contributed by atoms with Crippen LogP contribution in [0, 0.1) is 5.92 Å². The first-order valence-electron chi connectivity index (χ1n) is 8.56. The van der Waals surface area contributed by atoms with Crippen LogP contribution in [-0.2, 0) is 6.42 Å². The normalized spacial score (nSPS) is 17.6. The zero-order valence-corrected chi connectivity index (χ0v) is 14.4. The predicted molar refractivity (Wildman–Crippen MR) is 95.6 cm³/mol. The fourth-order valence-electron chi connectivity index (χ4n) is 3.07. The van der Waals surface area contributed by atoms with E-state index in [9.17, 15) is 0 Å². The van der Waals surface area contributed by atoms with E-state index in [1.165, 1.54) is 18.4 Å². The minimum atomic E-state index is 0.591. The molecule has 2 heterocycles. The van der Waals surface area contributed by atoms with E-state index in [2.05, 4.69) is 38.4 Å². The molecule has 6 heteroatoms. The monoisotopic (exact) mass is 327 g/mol. The van der Waals surface area contributed by atoms with Gasteiger partial charge in [0.1, 0.15) is 5.75 Å². The highest BCUT2D eigenvalue weighted by atomic mass is 16.5. The molecule has 0 radical (unpaired) electrons. The standard InChI is InChI=1S/C18H25N5O/c1-14-5-4-10-23(13-14)17-12-20-22-18(21-17)19-9-8-15-6-3-7-16(11-15)24-2/h3,6-7,11-12,14H,4-5,8-10,13H2,1-2H3,(H,19,21,22). The summed E-state index contributed by atoms with van der Waals surface area (Å²) in [6.07, 6.45) is 5.14. The van der Waals surface area contributed by atoms with Crippen LogP contribution in [0.1, 0.15) is 25.3 Å². The molecule has 1 saturated heterocycles. The van der Waals surface area contributed by atoms with Crippen LogP contribution in [-0.4, -0.2) is 41.9 Å². The number of aromatic nitrogens is 3. The maximum Gasteiger partial charge on any atom is 0.244 e. The quantitative estimate of drug-likeness (QED) is 0.880. The van der Waals surface area contributed by atoms with Crippen molar-refractivity contribution in [1.82, 2.24) is 15.2 Å². The lowest BCUT2D eigenvalue weighted by molar-refractivity contribution is 0.414. The molecule has 1 unspecified atom stereocenters. The van der Waals surface area contributed by atoms with E-state index in [0.29, 0.717) is 11.9 Å². The molecule has 1 N–H and O–H groups in total. The molecule has 0 spiro atoms. The van der Waals surface area contributed by atoms with Gasteiger partial charge in [-0.15, -0.1) is 5.10 Å². The van der Waals surface area contributed by atoms with Gasteiger partial charge in [-0.25, -0.2) is 0 Å². The molecular weight excluding hydrogens is 302 g/mol. The van der Waals surface area contributed by atoms with Crippen LogP contribution in [0.2, 0.25) is 0 Å². The SMILES string of the molecule is COc1cccc(CCNc2nncc(N3CCCC(C)C3)n2)c1. The van der Waals surface area contributed by atoms with Gasteiger partial charge in [-0.1, -0.05) is 19.1 Å². The molecule has 0 amide bonds. The lowest BCUT2D eigenvalue weighted by atomic mass is 10.0. The first kappa shape index (κ1) is 16.5. The number of benzene rings is 1. The summed E-state index contributed by atoms with van der Waals surface area (Å²) >= 11 is 0. The first-order chi connectivity index (χ1) is 11.7. The second-order valence-corrected chi connectivity index (χ2v) is 6.36. The van der Waals surface area contributed by atoms with Gasteiger partial charge in [0.2, 0.25) is 5.95 Å². The number of hydrogen-bond acceptors (Lipinski definition) is 6. The third-order valence-corrected chi connectivity index (χ3v) is 4.36. The molecule has 0 aliphatic carbocycles. The summed E-state index contributed by atoms with van der Waals surface area (Å²) in [7, 11) is 1.68. The minimum Gasteiger partial charge on any atom is -0.497 e. The van der Waals surface area contributed by atoms with Gasteiger partial charge in [-0.05, 0) is 42.9 Å². The third-order valence-electron chi connectivity index (χ3n) is 4.36. The van der Waals surface area contributed by atoms with E-state index >= 15 is 0 Å². The van der Waals surface area contributed by atoms with Gasteiger partial charge < -0.3 is 15.0 Å². The van der Waals surface area contributed by atoms with Crippen LogP contribution < -0.4 is 15.0 Å². The Morgan fingerprint density at radius 3 is 3.12 bits per heavy atom. The molecule has 1 aliphatic rings. The van der Waals surface area contributed by atoms with Crippen molar-refractivity contribution in [3.8, 4) is 5.75 Å². The molecule has 3 rings (SSSR count). The largest absolute Gasteiger partial charge is 0.497 e. The van der Waals surface area contributed by atoms with Crippen LogP contribution in [0.25, 0.3) is 0 Å². The molecule has 1 fully saturated rings. The second kappa shape index (κ2) is 7.95. The van der Waals surface area contributed by atoms with Crippen LogP contribution in [0.15, 0.2) is 30.5 Å². The smallest absolute Gasteiger partial charge is 0.244 e. The fourth-order valence-corrected chi connectivity index (χ4v) is 3.07. The summed E-state index contributed by atoms with van der Waals surface area (Å²) in [5.74, 6) is 3.10. The summed E-state index contributed by atoms with van der Waals surface area (Å²) in [6, 6.07) is 8.10. The summed E-state index contributed by atoms with van der Waals surface area (Å²) in [6.45, 7) is 5.14. The Morgan fingerprint density at radius 2 is 2.29 bits per heavy atom. The van der Waals surface area contributed by atoms with Crippen molar-refractivity contribution < 1.29 is 4.74 Å². The topological polar surface area (TPSA) is 63.2 Å². The average molecular weight is 327 g/mol. The number of piperidine rings is 1. The summed E-state index contributed by atoms with van der Waals surface area (Å²) < 4.78 is 5.25. The maximum absolute atomic E-state index is 5.25. The van der Waals surface area contributed by atoms with E-state index in [-0.39, 0.29) is 0 Å². The molecular formula is C18H25N5O. The van der Waals surface area contributed by atoms with E-state index < -0.39 is 0 Å². The number of nitrogens with one attached hydrogen (secondary N) is 1. The van der Waals surface area contributed by atoms with Crippen molar-refractivity contribution in [2.24, 2.45) is 5.92 Å². The van der Waals surface area contributed by atoms with E-state index in [1.54, 1.807) is 13.3 Å². The van der Waals surface area contributed by atoms with Gasteiger partial charge in [0, 0.05) is 19.6 Å². The van der Waals surface area contributed by atoms with E-state index in [0.717, 1.165) is 37.6 Å². The van der Waals surface area contributed by atoms with Crippen LogP contribution in [0.5, 0.6) is 5.75 Å². The number of anilines is 2. The Labute approximate surface area is 143 Å². The number of rotatable bonds is 6. The number of nitrogens with zero attached hydrogens (tertiary/aromatic N) is 4. The number of hydrogen-bond donors (Lipinski definition) is 1. The molecule has 1 aromatic heterocycles. The Bertz CT molecular complexity index is 663. The Balaban J connectivity index is 1.56. The van der Waals surface area contributed by atoms with Crippen LogP contribution >= 0.6 is 0 Å². The third kappa shape index (κ3) is 4.34. The van der Waals surface area contributed by atoms with Crippen molar-refractivity contribution in [3.63, 3.8) is 0 Å². The Morgan fingerprint density at radius 1 is 1.38 bits per heavy atom. The number of methoxy groups -OCH3 is 1. The molecule has 1 aromatic carbocycles. The van der Waals surface area contributed by atoms with Crippen molar-refractivity contribution in [3.05, 3.63) is 36.0 Å². The lowest BCUT2D eigenvalue weighted by Crippen LogP contribution is -2.35. The van der Waals surface area contributed by atoms with Crippen molar-refractivity contribution in [2.75, 3.05) is 37.0 Å². The van der Waals surface area contributed by atoms with Gasteiger partial charge in [-0.3, -0.25) is 0 Å². The van der Waals surface area contributed by atoms with Crippen molar-refractivity contribution in [1.29, 1.82) is 0 Å². The summed E-state index contributed by atoms with van der Waals surface area (Å²) in [5, 5.41) is 11.5. The van der Waals surface area contributed by atoms with Gasteiger partial charge in [0.05, 0.1) is 13.3 Å². The molecule has 1 atom stereocenters. The van der Waals surface area contributed by atoms with Gasteiger partial charge in [-0.2, -0.15) is 10.1 Å². The highest BCUT2D eigenvalue weighted by Gasteiger charge is 2.18. The molecule has 0 bridgehead atoms. The second-order valence-electron chi connectivity index (χ2n) is 6.36. The molecule has 1 aliphatic heterocycles. The fraction of sp³-hybridized carbons (Fsp3) is 0.500. The first-order valence-corrected chi connectivity index (χ1v) is 8.56. The van der Waals surface area contributed by atoms with Gasteiger partial charge >= 0.3 is 0 Å². The Kier molecular flexibility index (Phi) is 5.46. The Hall–Kier alpha value is -2.37. The highest BCUT2D eigenvalue weighted by molar-refractivity contribution is 5.40. The van der Waals surface area contributed by atoms with Gasteiger partial charge in [0.25, 0.3) is 0 Å². The predicted octanol–water partition coefficient (Wildman–Crippen LogP) is 2.77. The lowest BCUT2D eigenvalue weighted by Gasteiger charge is -2.31. The van der Waals surface area contributed by atoms with Gasteiger partial charge in [0.15, 0.2) is 5.82 Å². The zero-order valence-electron chi connectivity index (χ0n) is 14.4. The van der Waals surface area contributed by atoms with E-state index in [4.69, 9.17) is 4.74 Å². The van der Waals surface area contributed by atoms with E-state index in [1.807, 2.05) is 18.2 Å². The summed E-state index contributed by atoms with van der Waals surface area (Å²) in [4.78, 5) is 6.91. The molecule has 24 heavy (non-hydrogen) atoms. The highest BCUT2D eigenvalue weighted by Crippen LogP contribution is 2.21.